The number of thiophene rings is 1. The molecule has 0 fully saturated rings. The van der Waals surface area contributed by atoms with Gasteiger partial charge in [-0.3, -0.25) is 9.52 Å². The number of ether oxygens (including phenoxy) is 1. The van der Waals surface area contributed by atoms with Crippen LogP contribution in [0.5, 0.6) is 0 Å². The van der Waals surface area contributed by atoms with Crippen molar-refractivity contribution in [3.05, 3.63) is 74.6 Å². The summed E-state index contributed by atoms with van der Waals surface area (Å²) in [6, 6.07) is 10.7. The number of anilines is 2. The minimum Gasteiger partial charge on any atom is -0.465 e. The van der Waals surface area contributed by atoms with E-state index in [0.29, 0.717) is 10.6 Å². The van der Waals surface area contributed by atoms with Gasteiger partial charge in [-0.1, -0.05) is 29.3 Å². The lowest BCUT2D eigenvalue weighted by Crippen LogP contribution is -2.17. The SMILES string of the molecule is COC(=O)c1c(NC(=O)c2cc(NS(=O)(=O)c3ccc(C)cc3)ccc2Cl)sc2c1CCCC2. The zero-order valence-corrected chi connectivity index (χ0v) is 21.0. The Labute approximate surface area is 207 Å². The number of halogens is 1. The van der Waals surface area contributed by atoms with Crippen molar-refractivity contribution >= 4 is 55.5 Å². The molecule has 10 heteroatoms. The summed E-state index contributed by atoms with van der Waals surface area (Å²) in [5.41, 5.74) is 2.50. The van der Waals surface area contributed by atoms with E-state index in [9.17, 15) is 18.0 Å². The molecule has 4 rings (SSSR count). The summed E-state index contributed by atoms with van der Waals surface area (Å²) in [7, 11) is -2.54. The molecule has 0 atom stereocenters. The van der Waals surface area contributed by atoms with Crippen molar-refractivity contribution in [3.8, 4) is 0 Å². The fraction of sp³-hybridized carbons (Fsp3) is 0.250. The molecule has 0 spiro atoms. The van der Waals surface area contributed by atoms with Crippen LogP contribution in [0.2, 0.25) is 5.02 Å². The molecule has 1 amide bonds. The number of methoxy groups -OCH3 is 1. The Morgan fingerprint density at radius 1 is 1.06 bits per heavy atom. The maximum atomic E-state index is 13.1. The highest BCUT2D eigenvalue weighted by molar-refractivity contribution is 7.92. The number of sulfonamides is 1. The van der Waals surface area contributed by atoms with E-state index in [1.807, 2.05) is 6.92 Å². The highest BCUT2D eigenvalue weighted by Crippen LogP contribution is 2.39. The van der Waals surface area contributed by atoms with Crippen LogP contribution < -0.4 is 10.0 Å². The van der Waals surface area contributed by atoms with E-state index in [-0.39, 0.29) is 21.2 Å². The molecule has 178 valence electrons. The fourth-order valence-electron chi connectivity index (χ4n) is 3.84. The molecule has 0 saturated carbocycles. The summed E-state index contributed by atoms with van der Waals surface area (Å²) < 4.78 is 32.9. The van der Waals surface area contributed by atoms with Crippen LogP contribution in [0.4, 0.5) is 10.7 Å². The molecule has 0 radical (unpaired) electrons. The van der Waals surface area contributed by atoms with E-state index in [2.05, 4.69) is 10.0 Å². The standard InChI is InChI=1S/C24H23ClN2O5S2/c1-14-7-10-16(11-8-14)34(30,31)27-15-9-12-19(25)18(13-15)22(28)26-23-21(24(29)32-2)17-5-3-4-6-20(17)33-23/h7-13,27H,3-6H2,1-2H3,(H,26,28). The number of rotatable bonds is 6. The molecule has 1 heterocycles. The summed E-state index contributed by atoms with van der Waals surface area (Å²) in [6.45, 7) is 1.86. The number of nitrogens with one attached hydrogen (secondary N) is 2. The molecule has 0 unspecified atom stereocenters. The molecule has 0 aliphatic heterocycles. The zero-order valence-electron chi connectivity index (χ0n) is 18.6. The zero-order chi connectivity index (χ0) is 24.5. The van der Waals surface area contributed by atoms with Gasteiger partial charge in [-0.2, -0.15) is 0 Å². The Morgan fingerprint density at radius 3 is 2.47 bits per heavy atom. The molecule has 0 bridgehead atoms. The first-order valence-electron chi connectivity index (χ1n) is 10.6. The van der Waals surface area contributed by atoms with Gasteiger partial charge in [-0.25, -0.2) is 13.2 Å². The number of carbonyl (C=O) groups excluding carboxylic acids is 2. The number of esters is 1. The van der Waals surface area contributed by atoms with Crippen LogP contribution in [-0.4, -0.2) is 27.4 Å². The Bertz CT molecular complexity index is 1360. The van der Waals surface area contributed by atoms with Crippen molar-refractivity contribution in [1.29, 1.82) is 0 Å². The Morgan fingerprint density at radius 2 is 1.76 bits per heavy atom. The van der Waals surface area contributed by atoms with Crippen molar-refractivity contribution in [2.24, 2.45) is 0 Å². The van der Waals surface area contributed by atoms with Crippen LogP contribution in [0.1, 0.15) is 49.6 Å². The maximum Gasteiger partial charge on any atom is 0.341 e. The van der Waals surface area contributed by atoms with Gasteiger partial charge < -0.3 is 10.1 Å². The van der Waals surface area contributed by atoms with E-state index in [1.165, 1.54) is 48.8 Å². The highest BCUT2D eigenvalue weighted by atomic mass is 35.5. The normalized spacial score (nSPS) is 13.1. The van der Waals surface area contributed by atoms with Gasteiger partial charge in [0.1, 0.15) is 5.00 Å². The molecule has 1 aliphatic rings. The molecular weight excluding hydrogens is 496 g/mol. The molecular formula is C24H23ClN2O5S2. The number of benzene rings is 2. The van der Waals surface area contributed by atoms with Crippen molar-refractivity contribution in [2.45, 2.75) is 37.5 Å². The molecule has 0 saturated heterocycles. The monoisotopic (exact) mass is 518 g/mol. The second-order valence-electron chi connectivity index (χ2n) is 7.97. The predicted molar refractivity (Wildman–Crippen MR) is 134 cm³/mol. The van der Waals surface area contributed by atoms with Crippen LogP contribution in [-0.2, 0) is 27.6 Å². The molecule has 7 nitrogen and oxygen atoms in total. The van der Waals surface area contributed by atoms with Crippen LogP contribution in [0, 0.1) is 6.92 Å². The maximum absolute atomic E-state index is 13.1. The van der Waals surface area contributed by atoms with E-state index in [4.69, 9.17) is 16.3 Å². The van der Waals surface area contributed by atoms with Crippen molar-refractivity contribution in [2.75, 3.05) is 17.1 Å². The van der Waals surface area contributed by atoms with E-state index in [0.717, 1.165) is 41.7 Å². The number of carbonyl (C=O) groups is 2. The predicted octanol–water partition coefficient (Wildman–Crippen LogP) is 5.43. The van der Waals surface area contributed by atoms with E-state index < -0.39 is 21.9 Å². The summed E-state index contributed by atoms with van der Waals surface area (Å²) in [6.07, 6.45) is 3.59. The summed E-state index contributed by atoms with van der Waals surface area (Å²) in [5, 5.41) is 3.34. The van der Waals surface area contributed by atoms with Gasteiger partial charge in [0.25, 0.3) is 15.9 Å². The second-order valence-corrected chi connectivity index (χ2v) is 11.2. The quantitative estimate of drug-likeness (QED) is 0.424. The van der Waals surface area contributed by atoms with Gasteiger partial charge in [-0.05, 0) is 68.5 Å². The van der Waals surface area contributed by atoms with Crippen LogP contribution in [0.15, 0.2) is 47.4 Å². The summed E-state index contributed by atoms with van der Waals surface area (Å²) in [5.74, 6) is -1.05. The number of aryl methyl sites for hydroxylation is 2. The average molecular weight is 519 g/mol. The largest absolute Gasteiger partial charge is 0.465 e. The van der Waals surface area contributed by atoms with Crippen LogP contribution in [0.3, 0.4) is 0 Å². The topological polar surface area (TPSA) is 102 Å². The third kappa shape index (κ3) is 4.96. The minimum atomic E-state index is -3.85. The Balaban J connectivity index is 1.62. The minimum absolute atomic E-state index is 0.0768. The lowest BCUT2D eigenvalue weighted by molar-refractivity contribution is 0.0601. The van der Waals surface area contributed by atoms with Crippen molar-refractivity contribution < 1.29 is 22.7 Å². The van der Waals surface area contributed by atoms with Gasteiger partial charge in [0.15, 0.2) is 0 Å². The highest BCUT2D eigenvalue weighted by Gasteiger charge is 2.27. The number of amides is 1. The van der Waals surface area contributed by atoms with Gasteiger partial charge in [0, 0.05) is 10.6 Å². The Kier molecular flexibility index (Phi) is 6.97. The third-order valence-electron chi connectivity index (χ3n) is 5.58. The van der Waals surface area contributed by atoms with Gasteiger partial charge in [0.2, 0.25) is 0 Å². The molecule has 2 aromatic carbocycles. The smallest absolute Gasteiger partial charge is 0.341 e. The summed E-state index contributed by atoms with van der Waals surface area (Å²) in [4.78, 5) is 26.7. The summed E-state index contributed by atoms with van der Waals surface area (Å²) >= 11 is 7.63. The number of hydrogen-bond donors (Lipinski definition) is 2. The van der Waals surface area contributed by atoms with Gasteiger partial charge in [0.05, 0.1) is 28.2 Å². The van der Waals surface area contributed by atoms with Crippen molar-refractivity contribution in [1.82, 2.24) is 0 Å². The van der Waals surface area contributed by atoms with Crippen LogP contribution in [0.25, 0.3) is 0 Å². The van der Waals surface area contributed by atoms with E-state index in [1.54, 1.807) is 12.1 Å². The first-order valence-corrected chi connectivity index (χ1v) is 13.3. The molecule has 1 aliphatic carbocycles. The first kappa shape index (κ1) is 24.3. The lowest BCUT2D eigenvalue weighted by atomic mass is 9.95. The molecule has 2 N–H and O–H groups in total. The number of fused-ring (bicyclic) bond motifs is 1. The van der Waals surface area contributed by atoms with Gasteiger partial charge >= 0.3 is 5.97 Å². The van der Waals surface area contributed by atoms with Gasteiger partial charge in [-0.15, -0.1) is 11.3 Å². The second kappa shape index (κ2) is 9.77. The van der Waals surface area contributed by atoms with Crippen molar-refractivity contribution in [3.63, 3.8) is 0 Å². The number of hydrogen-bond acceptors (Lipinski definition) is 6. The average Bonchev–Trinajstić information content (AvgIpc) is 3.17. The lowest BCUT2D eigenvalue weighted by Gasteiger charge is -2.12. The first-order chi connectivity index (χ1) is 16.2. The third-order valence-corrected chi connectivity index (χ3v) is 8.52. The molecule has 3 aromatic rings. The molecule has 34 heavy (non-hydrogen) atoms. The fourth-order valence-corrected chi connectivity index (χ4v) is 6.36. The van der Waals surface area contributed by atoms with E-state index >= 15 is 0 Å². The molecule has 1 aromatic heterocycles. The Hall–Kier alpha value is -2.88. The van der Waals surface area contributed by atoms with Crippen LogP contribution >= 0.6 is 22.9 Å².